The van der Waals surface area contributed by atoms with Crippen LogP contribution in [0.15, 0.2) is 38.9 Å². The number of anilines is 2. The molecule has 1 aromatic carbocycles. The lowest BCUT2D eigenvalue weighted by atomic mass is 9.92. The van der Waals surface area contributed by atoms with Crippen LogP contribution >= 0.6 is 11.8 Å². The Morgan fingerprint density at radius 3 is 2.54 bits per heavy atom. The molecule has 0 unspecified atom stereocenters. The number of benzene rings is 1. The first kappa shape index (κ1) is 24.3. The molecule has 35 heavy (non-hydrogen) atoms. The number of amides is 2. The Bertz CT molecular complexity index is 1510. The number of aromatic nitrogens is 5. The number of aryl methyl sites for hydroxylation is 2. The van der Waals surface area contributed by atoms with E-state index >= 15 is 0 Å². The summed E-state index contributed by atoms with van der Waals surface area (Å²) in [7, 11) is 0. The van der Waals surface area contributed by atoms with Crippen LogP contribution in [0.1, 0.15) is 37.7 Å². The second-order valence-corrected chi connectivity index (χ2v) is 9.71. The number of urea groups is 1. The van der Waals surface area contributed by atoms with Gasteiger partial charge in [0.25, 0.3) is 0 Å². The van der Waals surface area contributed by atoms with E-state index in [1.165, 1.54) is 28.5 Å². The SMILES string of the molecule is CSc1ncc2c(C)n(-c3cc(NC(=O)Nc4cc(C(C)(C)C)no4)c(F)cc3C)c(=O)nc2n1. The Morgan fingerprint density at radius 2 is 1.89 bits per heavy atom. The number of carbonyl (C=O) groups is 1. The number of thioether (sulfide) groups is 1. The highest BCUT2D eigenvalue weighted by molar-refractivity contribution is 7.98. The van der Waals surface area contributed by atoms with Crippen LogP contribution in [-0.4, -0.2) is 37.0 Å². The van der Waals surface area contributed by atoms with Gasteiger partial charge in [0.1, 0.15) is 5.82 Å². The zero-order valence-corrected chi connectivity index (χ0v) is 20.9. The summed E-state index contributed by atoms with van der Waals surface area (Å²) in [5.74, 6) is -0.544. The molecule has 0 radical (unpaired) electrons. The van der Waals surface area contributed by atoms with Crippen LogP contribution in [0.3, 0.4) is 0 Å². The molecular weight excluding hydrogens is 473 g/mol. The molecule has 0 aliphatic heterocycles. The van der Waals surface area contributed by atoms with Gasteiger partial charge in [-0.25, -0.2) is 23.9 Å². The van der Waals surface area contributed by atoms with Gasteiger partial charge >= 0.3 is 11.7 Å². The second-order valence-electron chi connectivity index (χ2n) is 8.93. The van der Waals surface area contributed by atoms with Gasteiger partial charge in [0.05, 0.1) is 22.5 Å². The standard InChI is InChI=1S/C23H24FN7O3S/c1-11-7-14(24)15(26-20(32)27-18-9-17(30-34-18)23(3,4)5)8-16(11)31-12(2)13-10-25-21(35-6)28-19(13)29-22(31)33/h7-10H,1-6H3,(H2,26,27,32). The van der Waals surface area contributed by atoms with Crippen molar-refractivity contribution in [2.24, 2.45) is 0 Å². The molecule has 0 atom stereocenters. The summed E-state index contributed by atoms with van der Waals surface area (Å²) in [4.78, 5) is 38.1. The highest BCUT2D eigenvalue weighted by Crippen LogP contribution is 2.26. The lowest BCUT2D eigenvalue weighted by Crippen LogP contribution is -2.25. The molecule has 0 aliphatic rings. The maximum atomic E-state index is 14.7. The fourth-order valence-electron chi connectivity index (χ4n) is 3.44. The monoisotopic (exact) mass is 497 g/mol. The van der Waals surface area contributed by atoms with E-state index in [4.69, 9.17) is 4.52 Å². The van der Waals surface area contributed by atoms with Crippen molar-refractivity contribution in [3.05, 3.63) is 57.6 Å². The van der Waals surface area contributed by atoms with Crippen LogP contribution < -0.4 is 16.3 Å². The van der Waals surface area contributed by atoms with E-state index in [2.05, 4.69) is 30.7 Å². The van der Waals surface area contributed by atoms with Crippen molar-refractivity contribution in [1.82, 2.24) is 24.7 Å². The molecule has 4 rings (SSSR count). The number of hydrogen-bond donors (Lipinski definition) is 2. The summed E-state index contributed by atoms with van der Waals surface area (Å²) in [6.45, 7) is 9.26. The summed E-state index contributed by atoms with van der Waals surface area (Å²) < 4.78 is 21.2. The molecule has 0 bridgehead atoms. The van der Waals surface area contributed by atoms with Crippen LogP contribution in [0.5, 0.6) is 0 Å². The van der Waals surface area contributed by atoms with E-state index in [9.17, 15) is 14.0 Å². The van der Waals surface area contributed by atoms with Crippen molar-refractivity contribution in [2.45, 2.75) is 45.2 Å². The van der Waals surface area contributed by atoms with Gasteiger partial charge in [-0.2, -0.15) is 4.98 Å². The van der Waals surface area contributed by atoms with Crippen molar-refractivity contribution < 1.29 is 13.7 Å². The first-order valence-corrected chi connectivity index (χ1v) is 11.9. The average Bonchev–Trinajstić information content (AvgIpc) is 3.25. The number of fused-ring (bicyclic) bond motifs is 1. The molecular formula is C23H24FN7O3S. The van der Waals surface area contributed by atoms with Crippen LogP contribution in [0.25, 0.3) is 16.7 Å². The smallest absolute Gasteiger partial charge is 0.338 e. The first-order chi connectivity index (χ1) is 16.5. The molecule has 0 saturated carbocycles. The summed E-state index contributed by atoms with van der Waals surface area (Å²) in [6, 6.07) is 3.49. The third kappa shape index (κ3) is 4.87. The van der Waals surface area contributed by atoms with Crippen molar-refractivity contribution in [3.8, 4) is 5.69 Å². The number of hydrogen-bond acceptors (Lipinski definition) is 8. The molecule has 10 nitrogen and oxygen atoms in total. The molecule has 12 heteroatoms. The lowest BCUT2D eigenvalue weighted by molar-refractivity contribution is 0.261. The topological polar surface area (TPSA) is 128 Å². The maximum Gasteiger partial charge on any atom is 0.354 e. The Morgan fingerprint density at radius 1 is 1.14 bits per heavy atom. The van der Waals surface area contributed by atoms with Crippen molar-refractivity contribution in [1.29, 1.82) is 0 Å². The zero-order chi connectivity index (χ0) is 25.5. The number of carbonyl (C=O) groups excluding carboxylic acids is 1. The average molecular weight is 498 g/mol. The highest BCUT2D eigenvalue weighted by Gasteiger charge is 2.21. The molecule has 182 valence electrons. The summed E-state index contributed by atoms with van der Waals surface area (Å²) in [5.41, 5.74) is 1.34. The molecule has 0 fully saturated rings. The predicted octanol–water partition coefficient (Wildman–Crippen LogP) is 4.58. The van der Waals surface area contributed by atoms with E-state index < -0.39 is 17.5 Å². The van der Waals surface area contributed by atoms with Gasteiger partial charge in [0.2, 0.25) is 5.88 Å². The Balaban J connectivity index is 1.68. The number of nitrogens with zero attached hydrogens (tertiary/aromatic N) is 5. The van der Waals surface area contributed by atoms with Crippen LogP contribution in [0, 0.1) is 19.7 Å². The van der Waals surface area contributed by atoms with Gasteiger partial charge in [-0.1, -0.05) is 37.7 Å². The molecule has 2 amide bonds. The van der Waals surface area contributed by atoms with Crippen LogP contribution in [0.2, 0.25) is 0 Å². The van der Waals surface area contributed by atoms with Gasteiger partial charge in [0.15, 0.2) is 10.8 Å². The van der Waals surface area contributed by atoms with Gasteiger partial charge in [-0.3, -0.25) is 9.88 Å². The second kappa shape index (κ2) is 9.10. The normalized spacial score (nSPS) is 11.6. The predicted molar refractivity (Wildman–Crippen MR) is 132 cm³/mol. The molecule has 3 heterocycles. The number of rotatable bonds is 4. The van der Waals surface area contributed by atoms with Gasteiger partial charge < -0.3 is 9.84 Å². The number of halogens is 1. The van der Waals surface area contributed by atoms with E-state index in [0.29, 0.717) is 33.2 Å². The Kier molecular flexibility index (Phi) is 6.32. The van der Waals surface area contributed by atoms with Crippen molar-refractivity contribution in [2.75, 3.05) is 16.9 Å². The summed E-state index contributed by atoms with van der Waals surface area (Å²) in [5, 5.41) is 9.97. The third-order valence-electron chi connectivity index (χ3n) is 5.34. The quantitative estimate of drug-likeness (QED) is 0.310. The third-order valence-corrected chi connectivity index (χ3v) is 5.90. The fourth-order valence-corrected chi connectivity index (χ4v) is 3.77. The minimum atomic E-state index is -0.728. The van der Waals surface area contributed by atoms with E-state index in [1.807, 2.05) is 27.0 Å². The zero-order valence-electron chi connectivity index (χ0n) is 20.1. The van der Waals surface area contributed by atoms with Gasteiger partial charge in [0, 0.05) is 23.4 Å². The Labute approximate surface area is 204 Å². The van der Waals surface area contributed by atoms with E-state index in [0.717, 1.165) is 0 Å². The fraction of sp³-hybridized carbons (Fsp3) is 0.304. The van der Waals surface area contributed by atoms with E-state index in [-0.39, 0.29) is 22.6 Å². The number of nitrogens with one attached hydrogen (secondary N) is 2. The molecule has 0 spiro atoms. The minimum Gasteiger partial charge on any atom is -0.338 e. The summed E-state index contributed by atoms with van der Waals surface area (Å²) in [6.07, 6.45) is 3.43. The van der Waals surface area contributed by atoms with E-state index in [1.54, 1.807) is 26.1 Å². The van der Waals surface area contributed by atoms with Crippen LogP contribution in [0.4, 0.5) is 20.8 Å². The van der Waals surface area contributed by atoms with Gasteiger partial charge in [-0.15, -0.1) is 0 Å². The van der Waals surface area contributed by atoms with Crippen LogP contribution in [-0.2, 0) is 5.41 Å². The van der Waals surface area contributed by atoms with Crippen molar-refractivity contribution >= 4 is 40.4 Å². The van der Waals surface area contributed by atoms with Crippen molar-refractivity contribution in [3.63, 3.8) is 0 Å². The molecule has 0 aliphatic carbocycles. The lowest BCUT2D eigenvalue weighted by Gasteiger charge is -2.16. The molecule has 3 aromatic heterocycles. The molecule has 2 N–H and O–H groups in total. The molecule has 0 saturated heterocycles. The largest absolute Gasteiger partial charge is 0.354 e. The summed E-state index contributed by atoms with van der Waals surface area (Å²) >= 11 is 1.34. The minimum absolute atomic E-state index is 0.121. The van der Waals surface area contributed by atoms with Gasteiger partial charge in [-0.05, 0) is 37.8 Å². The molecule has 4 aromatic rings. The highest BCUT2D eigenvalue weighted by atomic mass is 32.2. The Hall–Kier alpha value is -3.80. The maximum absolute atomic E-state index is 14.7. The first-order valence-electron chi connectivity index (χ1n) is 10.6.